The number of nitrogens with zero attached hydrogens (tertiary/aromatic N) is 1. The van der Waals surface area contributed by atoms with Gasteiger partial charge in [0.1, 0.15) is 5.75 Å². The fraction of sp³-hybridized carbons (Fsp3) is 0.333. The smallest absolute Gasteiger partial charge is 0.254 e. The lowest BCUT2D eigenvalue weighted by molar-refractivity contribution is -0.116. The minimum Gasteiger partial charge on any atom is -0.497 e. The van der Waals surface area contributed by atoms with Crippen LogP contribution in [-0.4, -0.2) is 37.4 Å². The lowest BCUT2D eigenvalue weighted by Crippen LogP contribution is -2.35. The molecule has 0 saturated carbocycles. The van der Waals surface area contributed by atoms with E-state index in [1.165, 1.54) is 28.9 Å². The number of fused-ring (bicyclic) bond motifs is 1. The summed E-state index contributed by atoms with van der Waals surface area (Å²) < 4.78 is 5.09. The third-order valence-corrected chi connectivity index (χ3v) is 4.70. The molecule has 5 nitrogen and oxygen atoms in total. The van der Waals surface area contributed by atoms with Gasteiger partial charge in [-0.25, -0.2) is 0 Å². The molecule has 5 heteroatoms. The van der Waals surface area contributed by atoms with E-state index in [9.17, 15) is 9.59 Å². The fourth-order valence-corrected chi connectivity index (χ4v) is 3.25. The van der Waals surface area contributed by atoms with E-state index in [2.05, 4.69) is 5.32 Å². The molecule has 0 fully saturated rings. The van der Waals surface area contributed by atoms with E-state index in [0.717, 1.165) is 18.6 Å². The van der Waals surface area contributed by atoms with E-state index in [-0.39, 0.29) is 18.4 Å². The molecule has 1 aliphatic rings. The van der Waals surface area contributed by atoms with Crippen molar-refractivity contribution >= 4 is 17.5 Å². The van der Waals surface area contributed by atoms with Gasteiger partial charge in [0.05, 0.1) is 13.7 Å². The van der Waals surface area contributed by atoms with Crippen molar-refractivity contribution in [1.29, 1.82) is 0 Å². The standard InChI is InChI=1S/C21H24N2O3/c1-23(14-20(24)22-18-9-11-19(26-2)12-10-18)21(25)17-8-7-15-5-3-4-6-16(15)13-17/h7-13H,3-6,14H2,1-2H3,(H,22,24). The third kappa shape index (κ3) is 4.23. The van der Waals surface area contributed by atoms with Crippen molar-refractivity contribution < 1.29 is 14.3 Å². The van der Waals surface area contributed by atoms with Crippen molar-refractivity contribution in [2.24, 2.45) is 0 Å². The normalized spacial score (nSPS) is 12.8. The summed E-state index contributed by atoms with van der Waals surface area (Å²) >= 11 is 0. The van der Waals surface area contributed by atoms with Crippen LogP contribution in [0.1, 0.15) is 34.3 Å². The average molecular weight is 352 g/mol. The molecule has 2 amide bonds. The minimum atomic E-state index is -0.232. The number of methoxy groups -OCH3 is 1. The summed E-state index contributed by atoms with van der Waals surface area (Å²) in [6, 6.07) is 13.0. The van der Waals surface area contributed by atoms with Gasteiger partial charge in [0.15, 0.2) is 0 Å². The maximum Gasteiger partial charge on any atom is 0.254 e. The Balaban J connectivity index is 1.60. The molecule has 2 aromatic rings. The molecule has 0 aromatic heterocycles. The van der Waals surface area contributed by atoms with Crippen LogP contribution in [-0.2, 0) is 17.6 Å². The number of carbonyl (C=O) groups is 2. The number of nitrogens with one attached hydrogen (secondary N) is 1. The topological polar surface area (TPSA) is 58.6 Å². The van der Waals surface area contributed by atoms with Crippen molar-refractivity contribution in [3.8, 4) is 5.75 Å². The molecule has 0 radical (unpaired) electrons. The quantitative estimate of drug-likeness (QED) is 0.898. The van der Waals surface area contributed by atoms with Crippen LogP contribution in [0.3, 0.4) is 0 Å². The van der Waals surface area contributed by atoms with Crippen molar-refractivity contribution in [3.05, 3.63) is 59.2 Å². The Morgan fingerprint density at radius 2 is 1.73 bits per heavy atom. The summed E-state index contributed by atoms with van der Waals surface area (Å²) in [6.45, 7) is 0.00193. The van der Waals surface area contributed by atoms with E-state index in [1.54, 1.807) is 38.4 Å². The number of aryl methyl sites for hydroxylation is 2. The highest BCUT2D eigenvalue weighted by Gasteiger charge is 2.17. The molecule has 0 heterocycles. The number of carbonyl (C=O) groups excluding carboxylic acids is 2. The summed E-state index contributed by atoms with van der Waals surface area (Å²) in [5.74, 6) is 0.356. The van der Waals surface area contributed by atoms with Crippen molar-refractivity contribution in [2.75, 3.05) is 26.0 Å². The Bertz CT molecular complexity index is 799. The van der Waals surface area contributed by atoms with E-state index >= 15 is 0 Å². The van der Waals surface area contributed by atoms with Crippen LogP contribution in [0, 0.1) is 0 Å². The Morgan fingerprint density at radius 1 is 1.04 bits per heavy atom. The Kier molecular flexibility index (Phi) is 5.56. The first-order chi connectivity index (χ1) is 12.6. The van der Waals surface area contributed by atoms with Crippen LogP contribution in [0.25, 0.3) is 0 Å². The summed E-state index contributed by atoms with van der Waals surface area (Å²) in [4.78, 5) is 26.3. The Labute approximate surface area is 154 Å². The maximum absolute atomic E-state index is 12.6. The van der Waals surface area contributed by atoms with E-state index < -0.39 is 0 Å². The van der Waals surface area contributed by atoms with E-state index in [4.69, 9.17) is 4.74 Å². The molecular formula is C21H24N2O3. The van der Waals surface area contributed by atoms with Gasteiger partial charge in [-0.3, -0.25) is 9.59 Å². The van der Waals surface area contributed by atoms with Crippen LogP contribution in [0.5, 0.6) is 5.75 Å². The van der Waals surface area contributed by atoms with E-state index in [0.29, 0.717) is 11.3 Å². The van der Waals surface area contributed by atoms with Crippen LogP contribution < -0.4 is 10.1 Å². The van der Waals surface area contributed by atoms with Gasteiger partial charge >= 0.3 is 0 Å². The summed E-state index contributed by atoms with van der Waals surface area (Å²) in [5.41, 5.74) is 3.92. The molecule has 0 bridgehead atoms. The van der Waals surface area contributed by atoms with Gasteiger partial charge in [0.2, 0.25) is 5.91 Å². The second-order valence-corrected chi connectivity index (χ2v) is 6.63. The maximum atomic E-state index is 12.6. The van der Waals surface area contributed by atoms with Crippen molar-refractivity contribution in [2.45, 2.75) is 25.7 Å². The number of amides is 2. The summed E-state index contributed by atoms with van der Waals surface area (Å²) in [6.07, 6.45) is 4.50. The van der Waals surface area contributed by atoms with Gasteiger partial charge in [-0.05, 0) is 73.2 Å². The predicted molar refractivity (Wildman–Crippen MR) is 102 cm³/mol. The van der Waals surface area contributed by atoms with Gasteiger partial charge in [0.25, 0.3) is 5.91 Å². The van der Waals surface area contributed by atoms with Crippen LogP contribution in [0.2, 0.25) is 0 Å². The molecule has 0 aliphatic heterocycles. The molecular weight excluding hydrogens is 328 g/mol. The van der Waals surface area contributed by atoms with Crippen LogP contribution in [0.4, 0.5) is 5.69 Å². The van der Waals surface area contributed by atoms with E-state index in [1.807, 2.05) is 18.2 Å². The zero-order chi connectivity index (χ0) is 18.5. The number of likely N-dealkylation sites (N-methyl/N-ethyl adjacent to an activating group) is 1. The van der Waals surface area contributed by atoms with Gasteiger partial charge in [-0.15, -0.1) is 0 Å². The molecule has 2 aromatic carbocycles. The number of rotatable bonds is 5. The molecule has 3 rings (SSSR count). The second kappa shape index (κ2) is 8.04. The van der Waals surface area contributed by atoms with Gasteiger partial charge < -0.3 is 15.0 Å². The minimum absolute atomic E-state index is 0.00193. The second-order valence-electron chi connectivity index (χ2n) is 6.63. The zero-order valence-corrected chi connectivity index (χ0v) is 15.2. The zero-order valence-electron chi connectivity index (χ0n) is 15.2. The predicted octanol–water partition coefficient (Wildman–Crippen LogP) is 3.28. The molecule has 26 heavy (non-hydrogen) atoms. The first-order valence-electron chi connectivity index (χ1n) is 8.88. The average Bonchev–Trinajstić information content (AvgIpc) is 2.67. The fourth-order valence-electron chi connectivity index (χ4n) is 3.25. The molecule has 1 aliphatic carbocycles. The Morgan fingerprint density at radius 3 is 2.42 bits per heavy atom. The van der Waals surface area contributed by atoms with Crippen molar-refractivity contribution in [1.82, 2.24) is 4.90 Å². The number of ether oxygens (including phenoxy) is 1. The third-order valence-electron chi connectivity index (χ3n) is 4.70. The number of benzene rings is 2. The summed E-state index contributed by atoms with van der Waals surface area (Å²) in [7, 11) is 3.24. The van der Waals surface area contributed by atoms with Gasteiger partial charge in [-0.2, -0.15) is 0 Å². The molecule has 136 valence electrons. The molecule has 1 N–H and O–H groups in total. The molecule has 0 saturated heterocycles. The highest BCUT2D eigenvalue weighted by molar-refractivity contribution is 5.99. The first kappa shape index (κ1) is 18.0. The van der Waals surface area contributed by atoms with Gasteiger partial charge in [0, 0.05) is 18.3 Å². The van der Waals surface area contributed by atoms with Crippen LogP contribution >= 0.6 is 0 Å². The molecule has 0 spiro atoms. The Hall–Kier alpha value is -2.82. The van der Waals surface area contributed by atoms with Crippen molar-refractivity contribution in [3.63, 3.8) is 0 Å². The lowest BCUT2D eigenvalue weighted by Gasteiger charge is -2.20. The molecule has 0 unspecified atom stereocenters. The highest BCUT2D eigenvalue weighted by atomic mass is 16.5. The number of anilines is 1. The first-order valence-corrected chi connectivity index (χ1v) is 8.88. The summed E-state index contributed by atoms with van der Waals surface area (Å²) in [5, 5.41) is 2.79. The number of hydrogen-bond acceptors (Lipinski definition) is 3. The highest BCUT2D eigenvalue weighted by Crippen LogP contribution is 2.22. The number of hydrogen-bond donors (Lipinski definition) is 1. The monoisotopic (exact) mass is 352 g/mol. The molecule has 0 atom stereocenters. The lowest BCUT2D eigenvalue weighted by atomic mass is 9.90. The largest absolute Gasteiger partial charge is 0.497 e. The van der Waals surface area contributed by atoms with Gasteiger partial charge in [-0.1, -0.05) is 6.07 Å². The van der Waals surface area contributed by atoms with Crippen LogP contribution in [0.15, 0.2) is 42.5 Å². The SMILES string of the molecule is COc1ccc(NC(=O)CN(C)C(=O)c2ccc3c(c2)CCCC3)cc1.